The normalized spacial score (nSPS) is 26.1. The molecule has 1 aliphatic carbocycles. The molecule has 0 spiro atoms. The molecule has 3 fully saturated rings. The van der Waals surface area contributed by atoms with Crippen molar-refractivity contribution in [1.29, 1.82) is 0 Å². The molecule has 0 N–H and O–H groups in total. The zero-order chi connectivity index (χ0) is 19.2. The fourth-order valence-corrected chi connectivity index (χ4v) is 4.49. The Balaban J connectivity index is 1.35. The molecule has 2 atom stereocenters. The van der Waals surface area contributed by atoms with E-state index in [9.17, 15) is 18.0 Å². The Kier molecular flexibility index (Phi) is 4.73. The quantitative estimate of drug-likeness (QED) is 0.799. The number of piperidine rings is 1. The number of carbonyl (C=O) groups is 1. The lowest BCUT2D eigenvalue weighted by Gasteiger charge is -2.36. The predicted octanol–water partition coefficient (Wildman–Crippen LogP) is 1.94. The fourth-order valence-electron chi connectivity index (χ4n) is 4.49. The van der Waals surface area contributed by atoms with Gasteiger partial charge < -0.3 is 9.80 Å². The summed E-state index contributed by atoms with van der Waals surface area (Å²) >= 11 is 0. The summed E-state index contributed by atoms with van der Waals surface area (Å²) in [7, 11) is 0. The van der Waals surface area contributed by atoms with Gasteiger partial charge in [-0.25, -0.2) is 9.97 Å². The Morgan fingerprint density at radius 2 is 1.93 bits per heavy atom. The summed E-state index contributed by atoms with van der Waals surface area (Å²) in [6, 6.07) is 1.51. The summed E-state index contributed by atoms with van der Waals surface area (Å²) in [6.45, 7) is 4.87. The minimum Gasteiger partial charge on any atom is -0.338 e. The van der Waals surface area contributed by atoms with E-state index >= 15 is 0 Å². The molecule has 6 nitrogen and oxygen atoms in total. The van der Waals surface area contributed by atoms with Crippen molar-refractivity contribution in [2.45, 2.75) is 38.4 Å². The zero-order valence-corrected chi connectivity index (χ0v) is 15.4. The standard InChI is InChI=1S/C18H24F3N5O/c1-12-8-15(18(19,20)21)23-17(22-12)25-6-4-24(5-7-25)16(27)11-26-10-13-2-3-14(26)9-13/h8,13-14H,2-7,9-11H2,1H3/t13-,14+/m1/s1. The number of amides is 1. The van der Waals surface area contributed by atoms with Gasteiger partial charge in [0.1, 0.15) is 5.69 Å². The van der Waals surface area contributed by atoms with E-state index in [-0.39, 0.29) is 17.5 Å². The van der Waals surface area contributed by atoms with Crippen LogP contribution in [0.3, 0.4) is 0 Å². The van der Waals surface area contributed by atoms with E-state index in [1.54, 1.807) is 4.90 Å². The van der Waals surface area contributed by atoms with E-state index in [1.165, 1.54) is 26.2 Å². The van der Waals surface area contributed by atoms with Gasteiger partial charge in [0.2, 0.25) is 11.9 Å². The predicted molar refractivity (Wildman–Crippen MR) is 93.3 cm³/mol. The van der Waals surface area contributed by atoms with Crippen molar-refractivity contribution in [3.63, 3.8) is 0 Å². The molecule has 1 aromatic heterocycles. The van der Waals surface area contributed by atoms with E-state index in [0.29, 0.717) is 38.8 Å². The first kappa shape index (κ1) is 18.5. The first-order valence-corrected chi connectivity index (χ1v) is 9.49. The number of halogens is 3. The number of anilines is 1. The first-order chi connectivity index (χ1) is 12.8. The summed E-state index contributed by atoms with van der Waals surface area (Å²) in [5.41, 5.74) is -0.637. The third-order valence-corrected chi connectivity index (χ3v) is 5.91. The van der Waals surface area contributed by atoms with Crippen LogP contribution in [0.4, 0.5) is 19.1 Å². The van der Waals surface area contributed by atoms with Crippen LogP contribution in [0.5, 0.6) is 0 Å². The molecular formula is C18H24F3N5O. The second kappa shape index (κ2) is 6.92. The van der Waals surface area contributed by atoms with Gasteiger partial charge in [-0.3, -0.25) is 9.69 Å². The molecular weight excluding hydrogens is 359 g/mol. The molecule has 1 aromatic rings. The van der Waals surface area contributed by atoms with E-state index in [0.717, 1.165) is 18.5 Å². The number of carbonyl (C=O) groups excluding carboxylic acids is 1. The van der Waals surface area contributed by atoms with Crippen molar-refractivity contribution in [2.75, 3.05) is 44.2 Å². The van der Waals surface area contributed by atoms with Crippen LogP contribution < -0.4 is 4.90 Å². The van der Waals surface area contributed by atoms with Crippen LogP contribution >= 0.6 is 0 Å². The molecule has 1 amide bonds. The van der Waals surface area contributed by atoms with Crippen LogP contribution in [0.1, 0.15) is 30.7 Å². The third kappa shape index (κ3) is 3.88. The van der Waals surface area contributed by atoms with E-state index < -0.39 is 11.9 Å². The smallest absolute Gasteiger partial charge is 0.338 e. The lowest BCUT2D eigenvalue weighted by atomic mass is 10.1. The summed E-state index contributed by atoms with van der Waals surface area (Å²) < 4.78 is 38.9. The van der Waals surface area contributed by atoms with Crippen molar-refractivity contribution in [3.05, 3.63) is 17.5 Å². The van der Waals surface area contributed by atoms with E-state index in [4.69, 9.17) is 0 Å². The molecule has 0 radical (unpaired) electrons. The molecule has 2 aliphatic heterocycles. The molecule has 9 heteroatoms. The maximum atomic E-state index is 13.0. The number of nitrogens with zero attached hydrogens (tertiary/aromatic N) is 5. The van der Waals surface area contributed by atoms with E-state index in [2.05, 4.69) is 14.9 Å². The summed E-state index contributed by atoms with van der Waals surface area (Å²) in [5.74, 6) is 0.954. The molecule has 0 unspecified atom stereocenters. The van der Waals surface area contributed by atoms with Gasteiger partial charge in [0.15, 0.2) is 0 Å². The molecule has 27 heavy (non-hydrogen) atoms. The van der Waals surface area contributed by atoms with Crippen LogP contribution in [-0.4, -0.2) is 71.0 Å². The number of piperazine rings is 1. The Labute approximate surface area is 156 Å². The van der Waals surface area contributed by atoms with Gasteiger partial charge in [-0.15, -0.1) is 0 Å². The molecule has 148 valence electrons. The van der Waals surface area contributed by atoms with Gasteiger partial charge in [-0.1, -0.05) is 0 Å². The second-order valence-electron chi connectivity index (χ2n) is 7.82. The Hall–Kier alpha value is -1.90. The Morgan fingerprint density at radius 3 is 2.52 bits per heavy atom. The van der Waals surface area contributed by atoms with E-state index in [1.807, 2.05) is 4.90 Å². The number of rotatable bonds is 3. The number of hydrogen-bond donors (Lipinski definition) is 0. The Morgan fingerprint density at radius 1 is 1.19 bits per heavy atom. The van der Waals surface area contributed by atoms with Gasteiger partial charge in [-0.2, -0.15) is 13.2 Å². The molecule has 0 aromatic carbocycles. The first-order valence-electron chi connectivity index (χ1n) is 9.49. The zero-order valence-electron chi connectivity index (χ0n) is 15.4. The summed E-state index contributed by atoms with van der Waals surface area (Å²) in [6.07, 6.45) is -0.801. The van der Waals surface area contributed by atoms with Crippen LogP contribution in [0, 0.1) is 12.8 Å². The monoisotopic (exact) mass is 383 g/mol. The number of alkyl halides is 3. The number of aryl methyl sites for hydroxylation is 1. The minimum atomic E-state index is -4.49. The Bertz CT molecular complexity index is 717. The average Bonchev–Trinajstić information content (AvgIpc) is 3.23. The highest BCUT2D eigenvalue weighted by atomic mass is 19.4. The van der Waals surface area contributed by atoms with Crippen molar-refractivity contribution >= 4 is 11.9 Å². The van der Waals surface area contributed by atoms with Crippen molar-refractivity contribution in [3.8, 4) is 0 Å². The SMILES string of the molecule is Cc1cc(C(F)(F)F)nc(N2CCN(C(=O)CN3C[C@@H]4CC[C@H]3C4)CC2)n1. The van der Waals surface area contributed by atoms with Gasteiger partial charge >= 0.3 is 6.18 Å². The molecule has 2 bridgehead atoms. The van der Waals surface area contributed by atoms with Crippen molar-refractivity contribution in [1.82, 2.24) is 19.8 Å². The molecule has 3 heterocycles. The maximum Gasteiger partial charge on any atom is 0.433 e. The highest BCUT2D eigenvalue weighted by Gasteiger charge is 2.39. The summed E-state index contributed by atoms with van der Waals surface area (Å²) in [4.78, 5) is 26.3. The highest BCUT2D eigenvalue weighted by molar-refractivity contribution is 5.78. The van der Waals surface area contributed by atoms with Crippen molar-refractivity contribution < 1.29 is 18.0 Å². The van der Waals surface area contributed by atoms with Crippen LogP contribution in [-0.2, 0) is 11.0 Å². The van der Waals surface area contributed by atoms with Gasteiger partial charge in [-0.05, 0) is 38.2 Å². The lowest BCUT2D eigenvalue weighted by molar-refractivity contribution is -0.141. The fraction of sp³-hybridized carbons (Fsp3) is 0.722. The van der Waals surface area contributed by atoms with Gasteiger partial charge in [0, 0.05) is 44.5 Å². The second-order valence-corrected chi connectivity index (χ2v) is 7.82. The molecule has 3 aliphatic rings. The average molecular weight is 383 g/mol. The number of aromatic nitrogens is 2. The van der Waals surface area contributed by atoms with Crippen LogP contribution in [0.15, 0.2) is 6.07 Å². The highest BCUT2D eigenvalue weighted by Crippen LogP contribution is 2.37. The number of hydrogen-bond acceptors (Lipinski definition) is 5. The largest absolute Gasteiger partial charge is 0.433 e. The summed E-state index contributed by atoms with van der Waals surface area (Å²) in [5, 5.41) is 0. The van der Waals surface area contributed by atoms with Gasteiger partial charge in [0.05, 0.1) is 6.54 Å². The minimum absolute atomic E-state index is 0.0891. The molecule has 2 saturated heterocycles. The lowest BCUT2D eigenvalue weighted by Crippen LogP contribution is -2.52. The number of likely N-dealkylation sites (tertiary alicyclic amines) is 1. The van der Waals surface area contributed by atoms with Gasteiger partial charge in [0.25, 0.3) is 0 Å². The van der Waals surface area contributed by atoms with Crippen LogP contribution in [0.2, 0.25) is 0 Å². The topological polar surface area (TPSA) is 52.6 Å². The molecule has 1 saturated carbocycles. The maximum absolute atomic E-state index is 13.0. The third-order valence-electron chi connectivity index (χ3n) is 5.91. The van der Waals surface area contributed by atoms with Crippen LogP contribution in [0.25, 0.3) is 0 Å². The van der Waals surface area contributed by atoms with Crippen molar-refractivity contribution in [2.24, 2.45) is 5.92 Å². The molecule has 4 rings (SSSR count). The number of fused-ring (bicyclic) bond motifs is 2.